The zero-order valence-electron chi connectivity index (χ0n) is 15.5. The number of aromatic nitrogens is 3. The second-order valence-corrected chi connectivity index (χ2v) is 7.60. The Morgan fingerprint density at radius 3 is 2.67 bits per heavy atom. The molecule has 0 aromatic carbocycles. The van der Waals surface area contributed by atoms with Gasteiger partial charge < -0.3 is 15.0 Å². The van der Waals surface area contributed by atoms with Crippen LogP contribution in [0.2, 0.25) is 5.02 Å². The van der Waals surface area contributed by atoms with Crippen molar-refractivity contribution in [1.29, 1.82) is 0 Å². The molecule has 0 aliphatic carbocycles. The fourth-order valence-electron chi connectivity index (χ4n) is 2.95. The van der Waals surface area contributed by atoms with Crippen molar-refractivity contribution < 1.29 is 9.53 Å². The molecule has 2 aromatic heterocycles. The third-order valence-corrected chi connectivity index (χ3v) is 4.96. The zero-order valence-corrected chi connectivity index (χ0v) is 17.0. The minimum absolute atomic E-state index is 0.178. The van der Waals surface area contributed by atoms with Gasteiger partial charge in [0.2, 0.25) is 0 Å². The summed E-state index contributed by atoms with van der Waals surface area (Å²) >= 11 is 7.39. The van der Waals surface area contributed by atoms with Crippen LogP contribution in [0.25, 0.3) is 0 Å². The number of carbonyl (C=O) groups is 1. The molecule has 3 heterocycles. The summed E-state index contributed by atoms with van der Waals surface area (Å²) in [6.45, 7) is 6.10. The first-order valence-corrected chi connectivity index (χ1v) is 10.3. The average Bonchev–Trinajstić information content (AvgIpc) is 2.66. The van der Waals surface area contributed by atoms with E-state index in [0.29, 0.717) is 11.7 Å². The Morgan fingerprint density at radius 1 is 1.30 bits per heavy atom. The van der Waals surface area contributed by atoms with E-state index in [1.807, 2.05) is 18.4 Å². The number of nitrogens with one attached hydrogen (secondary N) is 1. The van der Waals surface area contributed by atoms with E-state index in [4.69, 9.17) is 16.3 Å². The summed E-state index contributed by atoms with van der Waals surface area (Å²) in [5, 5.41) is 3.56. The van der Waals surface area contributed by atoms with Gasteiger partial charge in [0.05, 0.1) is 23.4 Å². The van der Waals surface area contributed by atoms with Crippen molar-refractivity contribution in [2.45, 2.75) is 37.8 Å². The van der Waals surface area contributed by atoms with E-state index in [1.165, 1.54) is 18.0 Å². The molecule has 0 unspecified atom stereocenters. The predicted octanol–water partition coefficient (Wildman–Crippen LogP) is 2.79. The van der Waals surface area contributed by atoms with Gasteiger partial charge in [0.15, 0.2) is 10.9 Å². The Kier molecular flexibility index (Phi) is 6.51. The number of hydrogen-bond acceptors (Lipinski definition) is 7. The Morgan fingerprint density at radius 2 is 2.04 bits per heavy atom. The number of amides is 1. The lowest BCUT2D eigenvalue weighted by atomic mass is 10.2. The number of thioether (sulfide) groups is 1. The monoisotopic (exact) mass is 407 g/mol. The third kappa shape index (κ3) is 5.09. The van der Waals surface area contributed by atoms with Gasteiger partial charge in [0.1, 0.15) is 5.82 Å². The lowest BCUT2D eigenvalue weighted by Crippen LogP contribution is -2.45. The first-order valence-electron chi connectivity index (χ1n) is 8.66. The predicted molar refractivity (Wildman–Crippen MR) is 106 cm³/mol. The number of hydrogen-bond donors (Lipinski definition) is 1. The van der Waals surface area contributed by atoms with Crippen LogP contribution in [-0.4, -0.2) is 52.4 Å². The molecular formula is C18H22ClN5O2S. The van der Waals surface area contributed by atoms with Gasteiger partial charge in [-0.05, 0) is 31.7 Å². The molecule has 0 spiro atoms. The summed E-state index contributed by atoms with van der Waals surface area (Å²) in [5.74, 6) is 0.577. The molecule has 27 heavy (non-hydrogen) atoms. The summed E-state index contributed by atoms with van der Waals surface area (Å²) in [5.41, 5.74) is 1.08. The van der Waals surface area contributed by atoms with Crippen LogP contribution in [0.4, 0.5) is 5.82 Å². The minimum Gasteiger partial charge on any atom is -0.372 e. The van der Waals surface area contributed by atoms with E-state index >= 15 is 0 Å². The van der Waals surface area contributed by atoms with Gasteiger partial charge in [-0.2, -0.15) is 0 Å². The van der Waals surface area contributed by atoms with Crippen LogP contribution in [0.15, 0.2) is 29.7 Å². The van der Waals surface area contributed by atoms with Crippen LogP contribution in [0.1, 0.15) is 29.9 Å². The van der Waals surface area contributed by atoms with Crippen LogP contribution in [0, 0.1) is 0 Å². The molecular weight excluding hydrogens is 386 g/mol. The Balaban J connectivity index is 1.61. The van der Waals surface area contributed by atoms with E-state index < -0.39 is 0 Å². The molecule has 3 rings (SSSR count). The highest BCUT2D eigenvalue weighted by Gasteiger charge is 2.23. The first kappa shape index (κ1) is 19.9. The van der Waals surface area contributed by atoms with Gasteiger partial charge >= 0.3 is 0 Å². The highest BCUT2D eigenvalue weighted by molar-refractivity contribution is 7.98. The van der Waals surface area contributed by atoms with Crippen LogP contribution in [0.5, 0.6) is 0 Å². The van der Waals surface area contributed by atoms with Gasteiger partial charge in [-0.25, -0.2) is 15.0 Å². The molecule has 1 aliphatic rings. The normalized spacial score (nSPS) is 19.8. The largest absolute Gasteiger partial charge is 0.372 e. The molecule has 1 aliphatic heterocycles. The molecule has 1 fully saturated rings. The average molecular weight is 408 g/mol. The molecule has 7 nitrogen and oxygen atoms in total. The highest BCUT2D eigenvalue weighted by atomic mass is 35.5. The van der Waals surface area contributed by atoms with Crippen molar-refractivity contribution in [1.82, 2.24) is 20.3 Å². The van der Waals surface area contributed by atoms with Crippen LogP contribution < -0.4 is 10.2 Å². The maximum absolute atomic E-state index is 12.4. The molecule has 1 N–H and O–H groups in total. The van der Waals surface area contributed by atoms with E-state index in [-0.39, 0.29) is 28.8 Å². The van der Waals surface area contributed by atoms with E-state index in [2.05, 4.69) is 39.0 Å². The maximum Gasteiger partial charge on any atom is 0.271 e. The smallest absolute Gasteiger partial charge is 0.271 e. The molecule has 2 aromatic rings. The van der Waals surface area contributed by atoms with Gasteiger partial charge in [0.25, 0.3) is 5.91 Å². The fourth-order valence-corrected chi connectivity index (χ4v) is 3.47. The van der Waals surface area contributed by atoms with Crippen molar-refractivity contribution in [3.8, 4) is 0 Å². The van der Waals surface area contributed by atoms with Gasteiger partial charge in [-0.3, -0.25) is 4.79 Å². The molecule has 0 saturated carbocycles. The van der Waals surface area contributed by atoms with Crippen LogP contribution >= 0.6 is 23.4 Å². The van der Waals surface area contributed by atoms with Crippen LogP contribution in [0.3, 0.4) is 0 Å². The number of anilines is 1. The second-order valence-electron chi connectivity index (χ2n) is 6.42. The molecule has 144 valence electrons. The number of carbonyl (C=O) groups excluding carboxylic acids is 1. The summed E-state index contributed by atoms with van der Waals surface area (Å²) in [4.78, 5) is 27.3. The molecule has 0 radical (unpaired) electrons. The topological polar surface area (TPSA) is 80.2 Å². The van der Waals surface area contributed by atoms with Crippen molar-refractivity contribution >= 4 is 35.1 Å². The number of rotatable bonds is 5. The second kappa shape index (κ2) is 8.86. The van der Waals surface area contributed by atoms with Crippen LogP contribution in [-0.2, 0) is 11.3 Å². The molecule has 1 amide bonds. The summed E-state index contributed by atoms with van der Waals surface area (Å²) < 4.78 is 5.76. The standard InChI is InChI=1S/C18H22ClN5O2S/c1-11-9-24(10-12(2)26-11)15-5-4-13(6-20-15)7-21-17(25)16-14(19)8-22-18(23-16)27-3/h4-6,8,11-12H,7,9-10H2,1-3H3,(H,21,25)/t11-,12+. The Labute approximate surface area is 167 Å². The van der Waals surface area contributed by atoms with Crippen molar-refractivity contribution in [2.75, 3.05) is 24.2 Å². The van der Waals surface area contributed by atoms with E-state index in [1.54, 1.807) is 6.20 Å². The maximum atomic E-state index is 12.4. The Hall–Kier alpha value is -1.90. The lowest BCUT2D eigenvalue weighted by molar-refractivity contribution is -0.00546. The fraction of sp³-hybridized carbons (Fsp3) is 0.444. The number of halogens is 1. The number of pyridine rings is 1. The highest BCUT2D eigenvalue weighted by Crippen LogP contribution is 2.19. The molecule has 9 heteroatoms. The van der Waals surface area contributed by atoms with Gasteiger partial charge in [-0.15, -0.1) is 0 Å². The summed E-state index contributed by atoms with van der Waals surface area (Å²) in [6.07, 6.45) is 5.41. The van der Waals surface area contributed by atoms with Crippen molar-refractivity contribution in [3.63, 3.8) is 0 Å². The van der Waals surface area contributed by atoms with E-state index in [0.717, 1.165) is 24.5 Å². The minimum atomic E-state index is -0.336. The van der Waals surface area contributed by atoms with Gasteiger partial charge in [0, 0.05) is 25.8 Å². The molecule has 2 atom stereocenters. The summed E-state index contributed by atoms with van der Waals surface area (Å²) in [7, 11) is 0. The molecule has 0 bridgehead atoms. The summed E-state index contributed by atoms with van der Waals surface area (Å²) in [6, 6.07) is 3.93. The first-order chi connectivity index (χ1) is 13.0. The third-order valence-electron chi connectivity index (χ3n) is 4.13. The Bertz CT molecular complexity index is 795. The number of ether oxygens (including phenoxy) is 1. The van der Waals surface area contributed by atoms with Crippen molar-refractivity contribution in [2.24, 2.45) is 0 Å². The number of nitrogens with zero attached hydrogens (tertiary/aromatic N) is 4. The lowest BCUT2D eigenvalue weighted by Gasteiger charge is -2.36. The SMILES string of the molecule is CSc1ncc(Cl)c(C(=O)NCc2ccc(N3C[C@@H](C)O[C@@H](C)C3)nc2)n1. The van der Waals surface area contributed by atoms with E-state index in [9.17, 15) is 4.79 Å². The number of morpholine rings is 1. The zero-order chi connectivity index (χ0) is 19.4. The quantitative estimate of drug-likeness (QED) is 0.602. The van der Waals surface area contributed by atoms with Crippen molar-refractivity contribution in [3.05, 3.63) is 40.8 Å². The van der Waals surface area contributed by atoms with Gasteiger partial charge in [-0.1, -0.05) is 29.4 Å². The molecule has 1 saturated heterocycles.